The molecule has 0 unspecified atom stereocenters. The molecule has 0 radical (unpaired) electrons. The Labute approximate surface area is 151 Å². The van der Waals surface area contributed by atoms with E-state index >= 15 is 0 Å². The molecule has 1 amide bonds. The molecule has 122 valence electrons. The van der Waals surface area contributed by atoms with Gasteiger partial charge in [0.2, 0.25) is 0 Å². The predicted octanol–water partition coefficient (Wildman–Crippen LogP) is 4.34. The molecule has 1 aliphatic heterocycles. The van der Waals surface area contributed by atoms with Gasteiger partial charge in [-0.1, -0.05) is 35.6 Å². The monoisotopic (exact) mass is 380 g/mol. The minimum absolute atomic E-state index is 0.0952. The van der Waals surface area contributed by atoms with E-state index in [0.29, 0.717) is 26.3 Å². The summed E-state index contributed by atoms with van der Waals surface area (Å²) in [7, 11) is 1.61. The summed E-state index contributed by atoms with van der Waals surface area (Å²) in [4.78, 5) is 24.1. The van der Waals surface area contributed by atoms with Gasteiger partial charge in [0.25, 0.3) is 11.6 Å². The van der Waals surface area contributed by atoms with E-state index in [0.717, 1.165) is 0 Å². The number of carbonyl (C=O) groups excluding carboxylic acids is 1. The normalized spacial score (nSPS) is 16.2. The molecule has 1 fully saturated rings. The first kappa shape index (κ1) is 16.7. The molecule has 0 bridgehead atoms. The molecule has 3 rings (SSSR count). The molecule has 1 aromatic heterocycles. The van der Waals surface area contributed by atoms with E-state index in [-0.39, 0.29) is 16.6 Å². The van der Waals surface area contributed by atoms with E-state index in [1.165, 1.54) is 34.9 Å². The Hall–Kier alpha value is -2.16. The molecule has 0 atom stereocenters. The van der Waals surface area contributed by atoms with E-state index < -0.39 is 4.92 Å². The van der Waals surface area contributed by atoms with Crippen LogP contribution >= 0.6 is 35.6 Å². The van der Waals surface area contributed by atoms with Gasteiger partial charge in [-0.15, -0.1) is 0 Å². The molecular formula is C15H9ClN2O4S2. The molecule has 2 aromatic rings. The number of rotatable bonds is 3. The highest BCUT2D eigenvalue weighted by molar-refractivity contribution is 8.26. The van der Waals surface area contributed by atoms with Crippen molar-refractivity contribution in [3.8, 4) is 11.3 Å². The molecule has 1 saturated heterocycles. The van der Waals surface area contributed by atoms with Crippen LogP contribution in [0.25, 0.3) is 17.4 Å². The van der Waals surface area contributed by atoms with Crippen molar-refractivity contribution >= 4 is 57.6 Å². The number of carbonyl (C=O) groups is 1. The Morgan fingerprint density at radius 1 is 1.38 bits per heavy atom. The lowest BCUT2D eigenvalue weighted by atomic mass is 10.1. The average Bonchev–Trinajstić information content (AvgIpc) is 3.08. The van der Waals surface area contributed by atoms with Crippen LogP contribution in [0.4, 0.5) is 5.69 Å². The number of furan rings is 1. The van der Waals surface area contributed by atoms with Gasteiger partial charge in [0.1, 0.15) is 15.8 Å². The summed E-state index contributed by atoms with van der Waals surface area (Å²) in [6, 6.07) is 7.52. The van der Waals surface area contributed by atoms with Gasteiger partial charge in [-0.2, -0.15) is 0 Å². The molecule has 0 aliphatic carbocycles. The molecule has 24 heavy (non-hydrogen) atoms. The van der Waals surface area contributed by atoms with E-state index in [4.69, 9.17) is 28.2 Å². The van der Waals surface area contributed by atoms with E-state index in [2.05, 4.69) is 0 Å². The van der Waals surface area contributed by atoms with Gasteiger partial charge >= 0.3 is 0 Å². The van der Waals surface area contributed by atoms with E-state index in [9.17, 15) is 14.9 Å². The summed E-state index contributed by atoms with van der Waals surface area (Å²) in [6.45, 7) is 0. The first-order chi connectivity index (χ1) is 11.4. The quantitative estimate of drug-likeness (QED) is 0.341. The van der Waals surface area contributed by atoms with Crippen LogP contribution in [0, 0.1) is 10.1 Å². The maximum Gasteiger partial charge on any atom is 0.270 e. The van der Waals surface area contributed by atoms with Crippen LogP contribution in [-0.4, -0.2) is 27.1 Å². The smallest absolute Gasteiger partial charge is 0.270 e. The average molecular weight is 381 g/mol. The molecule has 0 spiro atoms. The van der Waals surface area contributed by atoms with Crippen LogP contribution in [0.1, 0.15) is 5.76 Å². The second kappa shape index (κ2) is 6.39. The number of nitrogens with zero attached hydrogens (tertiary/aromatic N) is 2. The highest BCUT2D eigenvalue weighted by Crippen LogP contribution is 2.35. The SMILES string of the molecule is CN1C(=O)/C(=C/c2ccc(-c3ccc([N+](=O)[O-])cc3Cl)o2)SC1=S. The van der Waals surface area contributed by atoms with Crippen LogP contribution in [0.3, 0.4) is 0 Å². The third-order valence-corrected chi connectivity index (χ3v) is 5.11. The Bertz CT molecular complexity index is 907. The topological polar surface area (TPSA) is 76.6 Å². The van der Waals surface area contributed by atoms with Crippen molar-refractivity contribution < 1.29 is 14.1 Å². The predicted molar refractivity (Wildman–Crippen MR) is 96.7 cm³/mol. The van der Waals surface area contributed by atoms with E-state index in [1.807, 2.05) is 0 Å². The maximum absolute atomic E-state index is 12.0. The maximum atomic E-state index is 12.0. The minimum Gasteiger partial charge on any atom is -0.457 e. The molecule has 2 heterocycles. The number of hydrogen-bond acceptors (Lipinski definition) is 6. The number of non-ortho nitro benzene ring substituents is 1. The number of nitro benzene ring substituents is 1. The Morgan fingerprint density at radius 2 is 2.12 bits per heavy atom. The third-order valence-electron chi connectivity index (χ3n) is 3.32. The van der Waals surface area contributed by atoms with Crippen molar-refractivity contribution in [3.05, 3.63) is 56.1 Å². The summed E-state index contributed by atoms with van der Waals surface area (Å²) in [5.74, 6) is 0.734. The lowest BCUT2D eigenvalue weighted by Crippen LogP contribution is -2.22. The van der Waals surface area contributed by atoms with Crippen molar-refractivity contribution in [1.82, 2.24) is 4.90 Å². The Balaban J connectivity index is 1.91. The van der Waals surface area contributed by atoms with Crippen LogP contribution in [-0.2, 0) is 4.79 Å². The summed E-state index contributed by atoms with van der Waals surface area (Å²) < 4.78 is 6.16. The summed E-state index contributed by atoms with van der Waals surface area (Å²) in [5, 5.41) is 11.0. The number of halogens is 1. The van der Waals surface area contributed by atoms with E-state index in [1.54, 1.807) is 25.3 Å². The fraction of sp³-hybridized carbons (Fsp3) is 0.0667. The lowest BCUT2D eigenvalue weighted by molar-refractivity contribution is -0.384. The number of nitro groups is 1. The van der Waals surface area contributed by atoms with Crippen LogP contribution in [0.15, 0.2) is 39.7 Å². The second-order valence-corrected chi connectivity index (χ2v) is 6.95. The zero-order valence-corrected chi connectivity index (χ0v) is 14.6. The first-order valence-electron chi connectivity index (χ1n) is 6.62. The Morgan fingerprint density at radius 3 is 2.71 bits per heavy atom. The van der Waals surface area contributed by atoms with Crippen molar-refractivity contribution in [3.63, 3.8) is 0 Å². The fourth-order valence-electron chi connectivity index (χ4n) is 2.07. The van der Waals surface area contributed by atoms with Gasteiger partial charge in [-0.25, -0.2) is 0 Å². The summed E-state index contributed by atoms with van der Waals surface area (Å²) in [6.07, 6.45) is 1.60. The van der Waals surface area contributed by atoms with Crippen molar-refractivity contribution in [1.29, 1.82) is 0 Å². The van der Waals surface area contributed by atoms with Crippen molar-refractivity contribution in [2.45, 2.75) is 0 Å². The molecule has 0 N–H and O–H groups in total. The molecule has 9 heteroatoms. The molecule has 1 aromatic carbocycles. The van der Waals surface area contributed by atoms with Crippen molar-refractivity contribution in [2.75, 3.05) is 7.05 Å². The fourth-order valence-corrected chi connectivity index (χ4v) is 3.49. The molecule has 1 aliphatic rings. The highest BCUT2D eigenvalue weighted by Gasteiger charge is 2.29. The van der Waals surface area contributed by atoms with Gasteiger partial charge in [-0.05, 0) is 18.2 Å². The van der Waals surface area contributed by atoms with Crippen molar-refractivity contribution in [2.24, 2.45) is 0 Å². The van der Waals surface area contributed by atoms with Gasteiger partial charge in [-0.3, -0.25) is 19.8 Å². The number of benzene rings is 1. The number of likely N-dealkylation sites (N-methyl/N-ethyl adjacent to an activating group) is 1. The third kappa shape index (κ3) is 3.08. The first-order valence-corrected chi connectivity index (χ1v) is 8.23. The second-order valence-electron chi connectivity index (χ2n) is 4.86. The van der Waals surface area contributed by atoms with Gasteiger partial charge < -0.3 is 4.42 Å². The minimum atomic E-state index is -0.518. The summed E-state index contributed by atoms with van der Waals surface area (Å²) >= 11 is 12.4. The zero-order valence-electron chi connectivity index (χ0n) is 12.2. The lowest BCUT2D eigenvalue weighted by Gasteiger charge is -2.03. The largest absolute Gasteiger partial charge is 0.457 e. The van der Waals surface area contributed by atoms with Gasteiger partial charge in [0, 0.05) is 30.8 Å². The van der Waals surface area contributed by atoms with Gasteiger partial charge in [0.15, 0.2) is 0 Å². The number of thioether (sulfide) groups is 1. The molecular weight excluding hydrogens is 372 g/mol. The highest BCUT2D eigenvalue weighted by atomic mass is 35.5. The standard InChI is InChI=1S/C15H9ClN2O4S2/c1-17-14(19)13(24-15(17)23)7-9-3-5-12(22-9)10-4-2-8(18(20)21)6-11(10)16/h2-7H,1H3/b13-7-. The van der Waals surface area contributed by atoms with Crippen LogP contribution in [0.5, 0.6) is 0 Å². The number of amides is 1. The van der Waals surface area contributed by atoms with Crippen LogP contribution in [0.2, 0.25) is 5.02 Å². The van der Waals surface area contributed by atoms with Gasteiger partial charge in [0.05, 0.1) is 14.9 Å². The Kier molecular flexibility index (Phi) is 4.44. The number of hydrogen-bond donors (Lipinski definition) is 0. The number of thiocarbonyl (C=S) groups is 1. The molecule has 0 saturated carbocycles. The molecule has 6 nitrogen and oxygen atoms in total. The summed E-state index contributed by atoms with van der Waals surface area (Å²) in [5.41, 5.74) is 0.437. The van der Waals surface area contributed by atoms with Crippen LogP contribution < -0.4 is 0 Å². The zero-order chi connectivity index (χ0) is 17.4.